The molecule has 0 aromatic heterocycles. The van der Waals surface area contributed by atoms with Gasteiger partial charge in [0.15, 0.2) is 5.78 Å². The number of ether oxygens (including phenoxy) is 2. The van der Waals surface area contributed by atoms with E-state index in [4.69, 9.17) is 14.9 Å². The lowest BCUT2D eigenvalue weighted by Gasteiger charge is -2.28. The minimum atomic E-state index is -0.330. The van der Waals surface area contributed by atoms with Gasteiger partial charge < -0.3 is 19.5 Å². The molecule has 0 fully saturated rings. The zero-order chi connectivity index (χ0) is 27.2. The summed E-state index contributed by atoms with van der Waals surface area (Å²) in [6.07, 6.45) is -0.0578. The summed E-state index contributed by atoms with van der Waals surface area (Å²) in [5.41, 5.74) is 2.94. The number of nitrogens with one attached hydrogen (secondary N) is 1. The van der Waals surface area contributed by atoms with Crippen LogP contribution in [0.5, 0.6) is 17.2 Å². The highest BCUT2D eigenvalue weighted by Crippen LogP contribution is 2.41. The number of carbonyl (C=O) groups excluding carboxylic acids is 1. The standard InChI is InChI=1S/C30H42N2O4.BrH/c1-17(2)35-24-11-12-25(36-18(3)4)26-20(24)15-32(28(26)31)16-23(33)19-13-21(29(5,6)7)27(34)22(14-19)30(8,9)10;/h11-14,17-18,31,34H,15-16H2,1-10H3;1H. The second-order valence-corrected chi connectivity index (χ2v) is 12.3. The average molecular weight is 576 g/mol. The van der Waals surface area contributed by atoms with E-state index in [9.17, 15) is 9.90 Å². The lowest BCUT2D eigenvalue weighted by Crippen LogP contribution is -2.31. The summed E-state index contributed by atoms with van der Waals surface area (Å²) in [5, 5.41) is 20.0. The number of fused-ring (bicyclic) bond motifs is 1. The maximum atomic E-state index is 13.6. The first-order valence-corrected chi connectivity index (χ1v) is 12.7. The summed E-state index contributed by atoms with van der Waals surface area (Å²) >= 11 is 0. The Hall–Kier alpha value is -2.54. The first-order valence-electron chi connectivity index (χ1n) is 12.7. The Morgan fingerprint density at radius 1 is 0.946 bits per heavy atom. The summed E-state index contributed by atoms with van der Waals surface area (Å²) in [6.45, 7) is 20.5. The van der Waals surface area contributed by atoms with Crippen LogP contribution in [0, 0.1) is 5.41 Å². The van der Waals surface area contributed by atoms with E-state index in [1.54, 1.807) is 17.0 Å². The van der Waals surface area contributed by atoms with Crippen LogP contribution in [0.15, 0.2) is 24.3 Å². The van der Waals surface area contributed by atoms with Crippen molar-refractivity contribution in [2.24, 2.45) is 0 Å². The smallest absolute Gasteiger partial charge is 0.182 e. The molecule has 0 unspecified atom stereocenters. The highest BCUT2D eigenvalue weighted by molar-refractivity contribution is 8.93. The fourth-order valence-corrected chi connectivity index (χ4v) is 4.51. The Kier molecular flexibility index (Phi) is 9.17. The quantitative estimate of drug-likeness (QED) is 0.342. The van der Waals surface area contributed by atoms with Gasteiger partial charge in [0.25, 0.3) is 0 Å². The van der Waals surface area contributed by atoms with Crippen LogP contribution in [-0.4, -0.2) is 40.4 Å². The van der Waals surface area contributed by atoms with Crippen LogP contribution < -0.4 is 9.47 Å². The monoisotopic (exact) mass is 574 g/mol. The normalized spacial score (nSPS) is 13.6. The van der Waals surface area contributed by atoms with Crippen molar-refractivity contribution in [1.29, 1.82) is 5.41 Å². The molecular weight excluding hydrogens is 532 g/mol. The molecule has 0 saturated carbocycles. The van der Waals surface area contributed by atoms with Crippen LogP contribution in [0.3, 0.4) is 0 Å². The van der Waals surface area contributed by atoms with Crippen LogP contribution in [0.4, 0.5) is 0 Å². The van der Waals surface area contributed by atoms with Crippen LogP contribution in [0.1, 0.15) is 102 Å². The van der Waals surface area contributed by atoms with Gasteiger partial charge in [-0.25, -0.2) is 0 Å². The van der Waals surface area contributed by atoms with E-state index in [0.29, 0.717) is 29.2 Å². The van der Waals surface area contributed by atoms with Gasteiger partial charge in [0.2, 0.25) is 0 Å². The van der Waals surface area contributed by atoms with E-state index >= 15 is 0 Å². The van der Waals surface area contributed by atoms with Crippen molar-refractivity contribution in [3.8, 4) is 17.2 Å². The lowest BCUT2D eigenvalue weighted by molar-refractivity contribution is 0.0961. The molecule has 3 rings (SSSR count). The SMILES string of the molecule is Br.CC(C)Oc1ccc(OC(C)C)c2c1CN(CC(=O)c1cc(C(C)(C)C)c(O)c(C(C)(C)C)c1)C2=N. The molecule has 0 bridgehead atoms. The van der Waals surface area contributed by atoms with Gasteiger partial charge >= 0.3 is 0 Å². The number of rotatable bonds is 7. The molecule has 7 heteroatoms. The highest BCUT2D eigenvalue weighted by Gasteiger charge is 2.34. The number of phenols is 1. The molecular formula is C30H43BrN2O4. The Balaban J connectivity index is 0.00000481. The van der Waals surface area contributed by atoms with Crippen LogP contribution in [0.2, 0.25) is 0 Å². The third-order valence-electron chi connectivity index (χ3n) is 6.24. The van der Waals surface area contributed by atoms with Gasteiger partial charge in [0.05, 0.1) is 24.3 Å². The number of amidine groups is 1. The molecule has 204 valence electrons. The van der Waals surface area contributed by atoms with E-state index in [2.05, 4.69) is 0 Å². The third kappa shape index (κ3) is 6.67. The number of Topliss-reactive ketones (excluding diaryl/α,β-unsaturated/α-hetero) is 1. The Morgan fingerprint density at radius 2 is 1.41 bits per heavy atom. The molecule has 2 aromatic carbocycles. The molecule has 0 amide bonds. The molecule has 0 aliphatic carbocycles. The molecule has 1 heterocycles. The summed E-state index contributed by atoms with van der Waals surface area (Å²) < 4.78 is 12.0. The Morgan fingerprint density at radius 3 is 1.86 bits per heavy atom. The highest BCUT2D eigenvalue weighted by atomic mass is 79.9. The molecule has 2 aromatic rings. The van der Waals surface area contributed by atoms with Crippen molar-refractivity contribution in [3.05, 3.63) is 52.1 Å². The predicted molar refractivity (Wildman–Crippen MR) is 155 cm³/mol. The van der Waals surface area contributed by atoms with Crippen molar-refractivity contribution in [3.63, 3.8) is 0 Å². The number of hydrogen-bond donors (Lipinski definition) is 2. The van der Waals surface area contributed by atoms with Crippen molar-refractivity contribution in [2.75, 3.05) is 6.54 Å². The molecule has 6 nitrogen and oxygen atoms in total. The maximum Gasteiger partial charge on any atom is 0.182 e. The van der Waals surface area contributed by atoms with E-state index in [1.165, 1.54) is 0 Å². The molecule has 0 saturated heterocycles. The number of phenolic OH excluding ortho intramolecular Hbond substituents is 1. The topological polar surface area (TPSA) is 82.8 Å². The van der Waals surface area contributed by atoms with Crippen molar-refractivity contribution in [2.45, 2.75) is 98.8 Å². The van der Waals surface area contributed by atoms with Gasteiger partial charge in [-0.05, 0) is 62.8 Å². The Labute approximate surface area is 232 Å². The molecule has 0 spiro atoms. The van der Waals surface area contributed by atoms with E-state index < -0.39 is 0 Å². The fourth-order valence-electron chi connectivity index (χ4n) is 4.51. The van der Waals surface area contributed by atoms with Crippen molar-refractivity contribution in [1.82, 2.24) is 4.90 Å². The molecule has 0 atom stereocenters. The van der Waals surface area contributed by atoms with Gasteiger partial charge in [-0.15, -0.1) is 17.0 Å². The summed E-state index contributed by atoms with van der Waals surface area (Å²) in [4.78, 5) is 15.4. The summed E-state index contributed by atoms with van der Waals surface area (Å²) in [5.74, 6) is 1.75. The summed E-state index contributed by atoms with van der Waals surface area (Å²) in [6, 6.07) is 7.35. The first kappa shape index (κ1) is 30.7. The van der Waals surface area contributed by atoms with Crippen molar-refractivity contribution < 1.29 is 19.4 Å². The summed E-state index contributed by atoms with van der Waals surface area (Å²) in [7, 11) is 0. The van der Waals surface area contributed by atoms with Gasteiger partial charge in [-0.3, -0.25) is 10.2 Å². The minimum Gasteiger partial charge on any atom is -0.507 e. The van der Waals surface area contributed by atoms with E-state index in [1.807, 2.05) is 81.4 Å². The lowest BCUT2D eigenvalue weighted by atomic mass is 9.78. The van der Waals surface area contributed by atoms with Crippen molar-refractivity contribution >= 4 is 28.6 Å². The Bertz CT molecular complexity index is 1140. The molecule has 0 radical (unpaired) electrons. The van der Waals surface area contributed by atoms with Gasteiger partial charge in [0, 0.05) is 28.8 Å². The molecule has 37 heavy (non-hydrogen) atoms. The number of carbonyl (C=O) groups is 1. The van der Waals surface area contributed by atoms with Crippen LogP contribution in [0.25, 0.3) is 0 Å². The molecule has 1 aliphatic heterocycles. The molecule has 1 aliphatic rings. The largest absolute Gasteiger partial charge is 0.507 e. The van der Waals surface area contributed by atoms with Crippen LogP contribution >= 0.6 is 17.0 Å². The predicted octanol–water partition coefficient (Wildman–Crippen LogP) is 7.16. The zero-order valence-corrected chi connectivity index (χ0v) is 25.6. The second-order valence-electron chi connectivity index (χ2n) is 12.3. The number of ketones is 1. The maximum absolute atomic E-state index is 13.6. The van der Waals surface area contributed by atoms with Gasteiger partial charge in [-0.2, -0.15) is 0 Å². The van der Waals surface area contributed by atoms with E-state index in [0.717, 1.165) is 16.7 Å². The fraction of sp³-hybridized carbons (Fsp3) is 0.533. The van der Waals surface area contributed by atoms with Gasteiger partial charge in [0.1, 0.15) is 23.1 Å². The number of hydrogen-bond acceptors (Lipinski definition) is 5. The van der Waals surface area contributed by atoms with Crippen LogP contribution in [-0.2, 0) is 17.4 Å². The van der Waals surface area contributed by atoms with E-state index in [-0.39, 0.29) is 63.9 Å². The van der Waals surface area contributed by atoms with Gasteiger partial charge in [-0.1, -0.05) is 41.5 Å². The number of benzene rings is 2. The third-order valence-corrected chi connectivity index (χ3v) is 6.24. The average Bonchev–Trinajstić information content (AvgIpc) is 3.04. The number of aromatic hydroxyl groups is 1. The second kappa shape index (κ2) is 11.1. The number of halogens is 1. The number of nitrogens with zero attached hydrogens (tertiary/aromatic N) is 1. The molecule has 2 N–H and O–H groups in total. The first-order chi connectivity index (χ1) is 16.5. The zero-order valence-electron chi connectivity index (χ0n) is 23.9. The minimum absolute atomic E-state index is 0.